The molecule has 1 saturated carbocycles. The van der Waals surface area contributed by atoms with Crippen molar-refractivity contribution in [2.75, 3.05) is 0 Å². The zero-order valence-electron chi connectivity index (χ0n) is 13.5. The second kappa shape index (κ2) is 6.40. The third-order valence-electron chi connectivity index (χ3n) is 4.43. The largest absolute Gasteiger partial charge is 0.459 e. The van der Waals surface area contributed by atoms with Crippen LogP contribution in [0.1, 0.15) is 34.7 Å². The minimum atomic E-state index is -0.0186. The predicted molar refractivity (Wildman–Crippen MR) is 91.6 cm³/mol. The van der Waals surface area contributed by atoms with Gasteiger partial charge in [0.2, 0.25) is 0 Å². The van der Waals surface area contributed by atoms with Crippen LogP contribution in [0.4, 0.5) is 0 Å². The highest BCUT2D eigenvalue weighted by molar-refractivity contribution is 5.91. The lowest BCUT2D eigenvalue weighted by atomic mass is 10.2. The molecule has 4 heteroatoms. The van der Waals surface area contributed by atoms with E-state index in [1.165, 1.54) is 5.56 Å². The molecule has 0 radical (unpaired) electrons. The average Bonchev–Trinajstić information content (AvgIpc) is 3.12. The first kappa shape index (κ1) is 14.8. The molecule has 3 aromatic rings. The van der Waals surface area contributed by atoms with Crippen LogP contribution in [-0.2, 0) is 13.1 Å². The van der Waals surface area contributed by atoms with Crippen molar-refractivity contribution in [3.63, 3.8) is 0 Å². The highest BCUT2D eigenvalue weighted by Crippen LogP contribution is 2.30. The fraction of sp³-hybridized carbons (Fsp3) is 0.250. The molecule has 1 aromatic carbocycles. The molecule has 24 heavy (non-hydrogen) atoms. The normalized spacial score (nSPS) is 13.8. The standard InChI is InChI=1S/C20H20N2O2/c23-20(19-9-5-13-24-19)22(17-10-11-17)15-18-8-4-12-21(18)14-16-6-2-1-3-7-16/h1-9,12-13,17H,10-11,14-15H2. The van der Waals surface area contributed by atoms with Gasteiger partial charge in [-0.15, -0.1) is 0 Å². The first-order chi connectivity index (χ1) is 11.8. The monoisotopic (exact) mass is 320 g/mol. The Morgan fingerprint density at radius 3 is 2.62 bits per heavy atom. The molecule has 2 aromatic heterocycles. The van der Waals surface area contributed by atoms with Crippen LogP contribution in [0, 0.1) is 0 Å². The van der Waals surface area contributed by atoms with Gasteiger partial charge >= 0.3 is 0 Å². The van der Waals surface area contributed by atoms with Crippen LogP contribution in [0.25, 0.3) is 0 Å². The summed E-state index contributed by atoms with van der Waals surface area (Å²) in [7, 11) is 0. The number of hydrogen-bond donors (Lipinski definition) is 0. The fourth-order valence-electron chi connectivity index (χ4n) is 3.00. The van der Waals surface area contributed by atoms with Crippen LogP contribution in [0.3, 0.4) is 0 Å². The lowest BCUT2D eigenvalue weighted by Gasteiger charge is -2.22. The summed E-state index contributed by atoms with van der Waals surface area (Å²) in [6.07, 6.45) is 5.78. The SMILES string of the molecule is O=C(c1ccco1)N(Cc1cccn1Cc1ccccc1)C1CC1. The molecule has 1 fully saturated rings. The van der Waals surface area contributed by atoms with E-state index in [0.29, 0.717) is 18.3 Å². The van der Waals surface area contributed by atoms with E-state index in [-0.39, 0.29) is 5.91 Å². The summed E-state index contributed by atoms with van der Waals surface area (Å²) in [6, 6.07) is 18.3. The van der Waals surface area contributed by atoms with Gasteiger partial charge in [-0.25, -0.2) is 0 Å². The van der Waals surface area contributed by atoms with E-state index in [1.54, 1.807) is 18.4 Å². The van der Waals surface area contributed by atoms with Gasteiger partial charge in [0.25, 0.3) is 5.91 Å². The zero-order valence-corrected chi connectivity index (χ0v) is 13.5. The maximum Gasteiger partial charge on any atom is 0.290 e. The van der Waals surface area contributed by atoms with Gasteiger partial charge in [0.15, 0.2) is 5.76 Å². The molecule has 0 spiro atoms. The van der Waals surface area contributed by atoms with Crippen LogP contribution >= 0.6 is 0 Å². The van der Waals surface area contributed by atoms with Crippen LogP contribution in [0.5, 0.6) is 0 Å². The lowest BCUT2D eigenvalue weighted by Crippen LogP contribution is -2.33. The summed E-state index contributed by atoms with van der Waals surface area (Å²) in [5.74, 6) is 0.401. The van der Waals surface area contributed by atoms with Crippen molar-refractivity contribution in [3.05, 3.63) is 84.1 Å². The van der Waals surface area contributed by atoms with E-state index < -0.39 is 0 Å². The Hall–Kier alpha value is -2.75. The molecule has 1 aliphatic rings. The number of amides is 1. The number of aromatic nitrogens is 1. The van der Waals surface area contributed by atoms with Gasteiger partial charge in [-0.2, -0.15) is 0 Å². The summed E-state index contributed by atoms with van der Waals surface area (Å²) in [5.41, 5.74) is 2.40. The Balaban J connectivity index is 1.53. The molecule has 4 nitrogen and oxygen atoms in total. The first-order valence-corrected chi connectivity index (χ1v) is 8.33. The van der Waals surface area contributed by atoms with Gasteiger partial charge in [-0.05, 0) is 42.7 Å². The molecule has 0 saturated heterocycles. The summed E-state index contributed by atoms with van der Waals surface area (Å²) in [6.45, 7) is 1.43. The van der Waals surface area contributed by atoms with Crippen LogP contribution in [-0.4, -0.2) is 21.4 Å². The van der Waals surface area contributed by atoms with Crippen molar-refractivity contribution >= 4 is 5.91 Å². The molecule has 4 rings (SSSR count). The number of rotatable bonds is 6. The molecule has 1 amide bonds. The highest BCUT2D eigenvalue weighted by Gasteiger charge is 2.34. The third kappa shape index (κ3) is 3.13. The molecule has 122 valence electrons. The Kier molecular flexibility index (Phi) is 3.95. The number of benzene rings is 1. The van der Waals surface area contributed by atoms with Gasteiger partial charge < -0.3 is 13.9 Å². The zero-order chi connectivity index (χ0) is 16.4. The molecular weight excluding hydrogens is 300 g/mol. The van der Waals surface area contributed by atoms with Gasteiger partial charge in [0, 0.05) is 24.5 Å². The topological polar surface area (TPSA) is 38.4 Å². The van der Waals surface area contributed by atoms with Crippen LogP contribution in [0.15, 0.2) is 71.5 Å². The number of carbonyl (C=O) groups is 1. The van der Waals surface area contributed by atoms with E-state index in [9.17, 15) is 4.79 Å². The molecule has 0 unspecified atom stereocenters. The molecule has 0 aliphatic heterocycles. The van der Waals surface area contributed by atoms with Crippen molar-refractivity contribution in [1.29, 1.82) is 0 Å². The van der Waals surface area contributed by atoms with Gasteiger partial charge in [0.1, 0.15) is 0 Å². The van der Waals surface area contributed by atoms with Crippen molar-refractivity contribution in [3.8, 4) is 0 Å². The van der Waals surface area contributed by atoms with E-state index in [2.05, 4.69) is 41.1 Å². The van der Waals surface area contributed by atoms with Crippen molar-refractivity contribution in [2.45, 2.75) is 32.0 Å². The lowest BCUT2D eigenvalue weighted by molar-refractivity contribution is 0.0693. The fourth-order valence-corrected chi connectivity index (χ4v) is 3.00. The second-order valence-electron chi connectivity index (χ2n) is 6.25. The van der Waals surface area contributed by atoms with Gasteiger partial charge in [-0.1, -0.05) is 30.3 Å². The number of nitrogens with zero attached hydrogens (tertiary/aromatic N) is 2. The maximum absolute atomic E-state index is 12.7. The molecule has 1 aliphatic carbocycles. The number of carbonyl (C=O) groups excluding carboxylic acids is 1. The third-order valence-corrected chi connectivity index (χ3v) is 4.43. The summed E-state index contributed by atoms with van der Waals surface area (Å²) in [5, 5.41) is 0. The van der Waals surface area contributed by atoms with Crippen molar-refractivity contribution in [2.24, 2.45) is 0 Å². The van der Waals surface area contributed by atoms with E-state index in [4.69, 9.17) is 4.42 Å². The molecular formula is C20H20N2O2. The second-order valence-corrected chi connectivity index (χ2v) is 6.25. The summed E-state index contributed by atoms with van der Waals surface area (Å²) in [4.78, 5) is 14.6. The minimum absolute atomic E-state index is 0.0186. The molecule has 0 bridgehead atoms. The van der Waals surface area contributed by atoms with E-state index >= 15 is 0 Å². The number of hydrogen-bond acceptors (Lipinski definition) is 2. The Labute approximate surface area is 141 Å². The summed E-state index contributed by atoms with van der Waals surface area (Å²) < 4.78 is 7.51. The minimum Gasteiger partial charge on any atom is -0.459 e. The quantitative estimate of drug-likeness (QED) is 0.690. The number of furan rings is 1. The first-order valence-electron chi connectivity index (χ1n) is 8.33. The summed E-state index contributed by atoms with van der Waals surface area (Å²) >= 11 is 0. The van der Waals surface area contributed by atoms with E-state index in [1.807, 2.05) is 17.0 Å². The van der Waals surface area contributed by atoms with Crippen molar-refractivity contribution < 1.29 is 9.21 Å². The van der Waals surface area contributed by atoms with Crippen LogP contribution in [0.2, 0.25) is 0 Å². The molecule has 0 N–H and O–H groups in total. The van der Waals surface area contributed by atoms with Crippen LogP contribution < -0.4 is 0 Å². The molecule has 2 heterocycles. The average molecular weight is 320 g/mol. The maximum atomic E-state index is 12.7. The Morgan fingerprint density at radius 2 is 1.92 bits per heavy atom. The Bertz CT molecular complexity index is 801. The van der Waals surface area contributed by atoms with Gasteiger partial charge in [0.05, 0.1) is 12.8 Å². The smallest absolute Gasteiger partial charge is 0.290 e. The Morgan fingerprint density at radius 1 is 1.08 bits per heavy atom. The highest BCUT2D eigenvalue weighted by atomic mass is 16.3. The van der Waals surface area contributed by atoms with Crippen molar-refractivity contribution in [1.82, 2.24) is 9.47 Å². The van der Waals surface area contributed by atoms with Gasteiger partial charge in [-0.3, -0.25) is 4.79 Å². The predicted octanol–water partition coefficient (Wildman–Crippen LogP) is 3.93. The molecule has 0 atom stereocenters. The van der Waals surface area contributed by atoms with E-state index in [0.717, 1.165) is 25.1 Å².